The highest BCUT2D eigenvalue weighted by Gasteiger charge is 2.02. The van der Waals surface area contributed by atoms with E-state index in [1.165, 1.54) is 5.56 Å². The Labute approximate surface area is 73.6 Å². The Morgan fingerprint density at radius 2 is 2.00 bits per heavy atom. The lowest BCUT2D eigenvalue weighted by Gasteiger charge is -2.08. The zero-order chi connectivity index (χ0) is 8.81. The Hall–Kier alpha value is -1.29. The summed E-state index contributed by atoms with van der Waals surface area (Å²) >= 11 is 0. The molecule has 0 bridgehead atoms. The predicted molar refractivity (Wildman–Crippen MR) is 49.7 cm³/mol. The van der Waals surface area contributed by atoms with Crippen molar-refractivity contribution >= 4 is 0 Å². The van der Waals surface area contributed by atoms with E-state index < -0.39 is 0 Å². The fraction of sp³-hybridized carbons (Fsp3) is 0.364. The lowest BCUT2D eigenvalue weighted by Crippen LogP contribution is -1.91. The Bertz CT molecular complexity index is 258. The molecule has 0 spiro atoms. The lowest BCUT2D eigenvalue weighted by molar-refractivity contribution is 0.695. The molecule has 1 aromatic rings. The van der Waals surface area contributed by atoms with Crippen LogP contribution in [-0.4, -0.2) is 0 Å². The molecule has 0 unspecified atom stereocenters. The van der Waals surface area contributed by atoms with Gasteiger partial charge in [0.25, 0.3) is 0 Å². The molecule has 0 aromatic heterocycles. The monoisotopic (exact) mass is 159 g/mol. The molecule has 0 saturated carbocycles. The molecule has 0 aliphatic heterocycles. The third kappa shape index (κ3) is 2.39. The van der Waals surface area contributed by atoms with Gasteiger partial charge in [-0.05, 0) is 17.9 Å². The van der Waals surface area contributed by atoms with Gasteiger partial charge in [0, 0.05) is 6.42 Å². The molecule has 0 saturated heterocycles. The molecule has 0 radical (unpaired) electrons. The summed E-state index contributed by atoms with van der Waals surface area (Å²) in [6.07, 6.45) is 1.61. The van der Waals surface area contributed by atoms with Crippen LogP contribution in [0.2, 0.25) is 0 Å². The number of nitriles is 1. The molecule has 0 N–H and O–H groups in total. The van der Waals surface area contributed by atoms with Gasteiger partial charge >= 0.3 is 0 Å². The molecule has 0 fully saturated rings. The van der Waals surface area contributed by atoms with Crippen molar-refractivity contribution in [2.75, 3.05) is 0 Å². The highest BCUT2D eigenvalue weighted by atomic mass is 14.2. The van der Waals surface area contributed by atoms with Crippen LogP contribution in [0.5, 0.6) is 0 Å². The van der Waals surface area contributed by atoms with Crippen LogP contribution in [0.1, 0.15) is 31.2 Å². The van der Waals surface area contributed by atoms with Gasteiger partial charge in [-0.25, -0.2) is 0 Å². The number of hydrogen-bond acceptors (Lipinski definition) is 1. The molecule has 62 valence electrons. The first kappa shape index (κ1) is 8.80. The highest BCUT2D eigenvalue weighted by molar-refractivity contribution is 5.18. The van der Waals surface area contributed by atoms with Gasteiger partial charge < -0.3 is 0 Å². The van der Waals surface area contributed by atoms with Crippen molar-refractivity contribution < 1.29 is 0 Å². The van der Waals surface area contributed by atoms with Crippen molar-refractivity contribution in [3.05, 3.63) is 35.9 Å². The van der Waals surface area contributed by atoms with Crippen molar-refractivity contribution in [3.8, 4) is 6.07 Å². The van der Waals surface area contributed by atoms with E-state index in [2.05, 4.69) is 25.1 Å². The maximum atomic E-state index is 8.41. The molecule has 0 heterocycles. The summed E-state index contributed by atoms with van der Waals surface area (Å²) in [5.74, 6) is 0.505. The van der Waals surface area contributed by atoms with Crippen LogP contribution < -0.4 is 0 Å². The first-order chi connectivity index (χ1) is 5.84. The second-order valence-corrected chi connectivity index (χ2v) is 3.01. The van der Waals surface area contributed by atoms with Gasteiger partial charge in [-0.3, -0.25) is 0 Å². The Balaban J connectivity index is 2.55. The number of rotatable bonds is 3. The smallest absolute Gasteiger partial charge is 0.0621 e. The van der Waals surface area contributed by atoms with Crippen molar-refractivity contribution in [1.82, 2.24) is 0 Å². The normalized spacial score (nSPS) is 12.0. The third-order valence-corrected chi connectivity index (χ3v) is 2.06. The quantitative estimate of drug-likeness (QED) is 0.664. The van der Waals surface area contributed by atoms with Crippen LogP contribution in [0.25, 0.3) is 0 Å². The van der Waals surface area contributed by atoms with Gasteiger partial charge in [0.05, 0.1) is 6.07 Å². The second-order valence-electron chi connectivity index (χ2n) is 3.01. The van der Waals surface area contributed by atoms with Crippen LogP contribution in [0, 0.1) is 11.3 Å². The van der Waals surface area contributed by atoms with Crippen molar-refractivity contribution in [2.24, 2.45) is 0 Å². The number of hydrogen-bond donors (Lipinski definition) is 0. The molecular weight excluding hydrogens is 146 g/mol. The maximum Gasteiger partial charge on any atom is 0.0621 e. The van der Waals surface area contributed by atoms with Gasteiger partial charge in [-0.15, -0.1) is 0 Å². The average molecular weight is 159 g/mol. The number of nitrogens with zero attached hydrogens (tertiary/aromatic N) is 1. The predicted octanol–water partition coefficient (Wildman–Crippen LogP) is 3.09. The second kappa shape index (κ2) is 4.56. The van der Waals surface area contributed by atoms with Crippen molar-refractivity contribution in [2.45, 2.75) is 25.7 Å². The minimum atomic E-state index is 0.505. The van der Waals surface area contributed by atoms with Gasteiger partial charge in [-0.2, -0.15) is 5.26 Å². The minimum absolute atomic E-state index is 0.505. The van der Waals surface area contributed by atoms with E-state index in [1.54, 1.807) is 0 Å². The van der Waals surface area contributed by atoms with E-state index in [0.717, 1.165) is 6.42 Å². The third-order valence-electron chi connectivity index (χ3n) is 2.06. The van der Waals surface area contributed by atoms with E-state index in [-0.39, 0.29) is 0 Å². The molecule has 1 nitrogen and oxygen atoms in total. The zero-order valence-corrected chi connectivity index (χ0v) is 7.33. The minimum Gasteiger partial charge on any atom is -0.198 e. The molecule has 0 aliphatic rings. The average Bonchev–Trinajstić information content (AvgIpc) is 2.15. The van der Waals surface area contributed by atoms with Crippen LogP contribution in [0.15, 0.2) is 30.3 Å². The van der Waals surface area contributed by atoms with E-state index in [4.69, 9.17) is 5.26 Å². The van der Waals surface area contributed by atoms with E-state index in [9.17, 15) is 0 Å². The first-order valence-electron chi connectivity index (χ1n) is 4.26. The van der Waals surface area contributed by atoms with Gasteiger partial charge in [-0.1, -0.05) is 37.3 Å². The Kier molecular flexibility index (Phi) is 3.35. The molecule has 1 rings (SSSR count). The summed E-state index contributed by atoms with van der Waals surface area (Å²) in [7, 11) is 0. The van der Waals surface area contributed by atoms with Crippen LogP contribution in [-0.2, 0) is 0 Å². The van der Waals surface area contributed by atoms with Crippen LogP contribution in [0.3, 0.4) is 0 Å². The first-order valence-corrected chi connectivity index (χ1v) is 4.26. The van der Waals surface area contributed by atoms with Crippen LogP contribution in [0.4, 0.5) is 0 Å². The van der Waals surface area contributed by atoms with Gasteiger partial charge in [0.1, 0.15) is 0 Å². The molecular formula is C11H13N. The standard InChI is InChI=1S/C11H13N/c1-10(6-5-9-12)11-7-3-2-4-8-11/h2-4,7-8,10H,5-6H2,1H3/t10-/m1/s1. The lowest BCUT2D eigenvalue weighted by atomic mass is 9.97. The van der Waals surface area contributed by atoms with Gasteiger partial charge in [0.15, 0.2) is 0 Å². The molecule has 0 aliphatic carbocycles. The molecule has 1 heteroatoms. The summed E-state index contributed by atoms with van der Waals surface area (Å²) in [6, 6.07) is 12.5. The van der Waals surface area contributed by atoms with E-state index >= 15 is 0 Å². The van der Waals surface area contributed by atoms with E-state index in [0.29, 0.717) is 12.3 Å². The molecule has 0 amide bonds. The van der Waals surface area contributed by atoms with Gasteiger partial charge in [0.2, 0.25) is 0 Å². The largest absolute Gasteiger partial charge is 0.198 e. The van der Waals surface area contributed by atoms with Crippen LogP contribution >= 0.6 is 0 Å². The summed E-state index contributed by atoms with van der Waals surface area (Å²) in [5, 5.41) is 8.41. The van der Waals surface area contributed by atoms with Crippen molar-refractivity contribution in [1.29, 1.82) is 5.26 Å². The number of benzene rings is 1. The molecule has 1 aromatic carbocycles. The van der Waals surface area contributed by atoms with Crippen molar-refractivity contribution in [3.63, 3.8) is 0 Å². The molecule has 1 atom stereocenters. The Morgan fingerprint density at radius 3 is 2.58 bits per heavy atom. The summed E-state index contributed by atoms with van der Waals surface area (Å²) in [6.45, 7) is 2.16. The summed E-state index contributed by atoms with van der Waals surface area (Å²) in [5.41, 5.74) is 1.33. The highest BCUT2D eigenvalue weighted by Crippen LogP contribution is 2.19. The summed E-state index contributed by atoms with van der Waals surface area (Å²) in [4.78, 5) is 0. The van der Waals surface area contributed by atoms with E-state index in [1.807, 2.05) is 18.2 Å². The topological polar surface area (TPSA) is 23.8 Å². The Morgan fingerprint density at radius 1 is 1.33 bits per heavy atom. The fourth-order valence-electron chi connectivity index (χ4n) is 1.23. The summed E-state index contributed by atoms with van der Waals surface area (Å²) < 4.78 is 0. The SMILES string of the molecule is C[C@H](CCC#N)c1ccccc1. The zero-order valence-electron chi connectivity index (χ0n) is 7.33. The fourth-order valence-corrected chi connectivity index (χ4v) is 1.23. The molecule has 12 heavy (non-hydrogen) atoms. The maximum absolute atomic E-state index is 8.41.